The number of carbonyl (C=O) groups is 1. The number of carbonyl (C=O) groups excluding carboxylic acids is 1. The maximum absolute atomic E-state index is 11.8. The molecular weight excluding hydrogens is 178 g/mol. The van der Waals surface area contributed by atoms with Crippen LogP contribution in [0.4, 0.5) is 0 Å². The summed E-state index contributed by atoms with van der Waals surface area (Å²) >= 11 is 0. The predicted octanol–water partition coefficient (Wildman–Crippen LogP) is 1.72. The maximum Gasteiger partial charge on any atom is 0.326 e. The van der Waals surface area contributed by atoms with E-state index in [4.69, 9.17) is 4.74 Å². The van der Waals surface area contributed by atoms with Crippen molar-refractivity contribution in [3.63, 3.8) is 0 Å². The number of rotatable bonds is 4. The first-order chi connectivity index (χ1) is 6.64. The monoisotopic (exact) mass is 199 g/mol. The van der Waals surface area contributed by atoms with Gasteiger partial charge in [-0.05, 0) is 38.6 Å². The SMILES string of the molecule is CCNC1(C(=O)OCC)CCC(C)C1. The van der Waals surface area contributed by atoms with E-state index in [0.717, 1.165) is 25.8 Å². The number of hydrogen-bond donors (Lipinski definition) is 1. The van der Waals surface area contributed by atoms with Gasteiger partial charge in [0.1, 0.15) is 5.54 Å². The Kier molecular flexibility index (Phi) is 3.93. The van der Waals surface area contributed by atoms with E-state index in [1.807, 2.05) is 13.8 Å². The predicted molar refractivity (Wildman–Crippen MR) is 56.1 cm³/mol. The summed E-state index contributed by atoms with van der Waals surface area (Å²) in [4.78, 5) is 11.8. The van der Waals surface area contributed by atoms with Gasteiger partial charge in [-0.3, -0.25) is 4.79 Å². The molecule has 1 aliphatic rings. The summed E-state index contributed by atoms with van der Waals surface area (Å²) in [6, 6.07) is 0. The third-order valence-corrected chi connectivity index (χ3v) is 2.94. The quantitative estimate of drug-likeness (QED) is 0.701. The molecule has 1 fully saturated rings. The molecule has 0 spiro atoms. The molecule has 0 bridgehead atoms. The minimum Gasteiger partial charge on any atom is -0.465 e. The molecule has 1 rings (SSSR count). The second kappa shape index (κ2) is 4.78. The van der Waals surface area contributed by atoms with Crippen molar-refractivity contribution in [2.45, 2.75) is 45.6 Å². The molecule has 14 heavy (non-hydrogen) atoms. The Hall–Kier alpha value is -0.570. The fourth-order valence-corrected chi connectivity index (χ4v) is 2.32. The van der Waals surface area contributed by atoms with Crippen LogP contribution in [0.15, 0.2) is 0 Å². The van der Waals surface area contributed by atoms with Crippen LogP contribution in [-0.4, -0.2) is 24.7 Å². The first kappa shape index (κ1) is 11.5. The summed E-state index contributed by atoms with van der Waals surface area (Å²) in [5.74, 6) is 0.560. The van der Waals surface area contributed by atoms with Gasteiger partial charge >= 0.3 is 5.97 Å². The van der Waals surface area contributed by atoms with Crippen molar-refractivity contribution >= 4 is 5.97 Å². The lowest BCUT2D eigenvalue weighted by Gasteiger charge is -2.27. The van der Waals surface area contributed by atoms with Gasteiger partial charge in [-0.15, -0.1) is 0 Å². The van der Waals surface area contributed by atoms with Gasteiger partial charge in [-0.2, -0.15) is 0 Å². The van der Waals surface area contributed by atoms with E-state index in [2.05, 4.69) is 12.2 Å². The highest BCUT2D eigenvalue weighted by Crippen LogP contribution is 2.35. The van der Waals surface area contributed by atoms with Crippen molar-refractivity contribution in [3.8, 4) is 0 Å². The Morgan fingerprint density at radius 1 is 1.57 bits per heavy atom. The summed E-state index contributed by atoms with van der Waals surface area (Å²) in [5, 5.41) is 3.30. The summed E-state index contributed by atoms with van der Waals surface area (Å²) in [6.45, 7) is 7.38. The van der Waals surface area contributed by atoms with E-state index in [-0.39, 0.29) is 11.5 Å². The number of esters is 1. The molecular formula is C11H21NO2. The maximum atomic E-state index is 11.8. The molecule has 3 heteroatoms. The van der Waals surface area contributed by atoms with Crippen LogP contribution in [0.25, 0.3) is 0 Å². The summed E-state index contributed by atoms with van der Waals surface area (Å²) < 4.78 is 5.13. The van der Waals surface area contributed by atoms with Gasteiger partial charge in [0.05, 0.1) is 6.61 Å². The topological polar surface area (TPSA) is 38.3 Å². The van der Waals surface area contributed by atoms with Crippen molar-refractivity contribution in [3.05, 3.63) is 0 Å². The Balaban J connectivity index is 2.67. The second-order valence-corrected chi connectivity index (χ2v) is 4.18. The lowest BCUT2D eigenvalue weighted by Crippen LogP contribution is -2.51. The lowest BCUT2D eigenvalue weighted by molar-refractivity contribution is -0.151. The van der Waals surface area contributed by atoms with E-state index < -0.39 is 0 Å². The molecule has 0 aromatic rings. The van der Waals surface area contributed by atoms with Crippen molar-refractivity contribution in [2.75, 3.05) is 13.2 Å². The number of ether oxygens (including phenoxy) is 1. The molecule has 0 aromatic carbocycles. The van der Waals surface area contributed by atoms with Crippen LogP contribution in [-0.2, 0) is 9.53 Å². The highest BCUT2D eigenvalue weighted by Gasteiger charge is 2.44. The van der Waals surface area contributed by atoms with E-state index in [1.165, 1.54) is 0 Å². The van der Waals surface area contributed by atoms with E-state index >= 15 is 0 Å². The highest BCUT2D eigenvalue weighted by molar-refractivity contribution is 5.81. The van der Waals surface area contributed by atoms with Crippen LogP contribution in [0.2, 0.25) is 0 Å². The normalized spacial score (nSPS) is 31.8. The molecule has 3 nitrogen and oxygen atoms in total. The highest BCUT2D eigenvalue weighted by atomic mass is 16.5. The van der Waals surface area contributed by atoms with Gasteiger partial charge < -0.3 is 10.1 Å². The van der Waals surface area contributed by atoms with Gasteiger partial charge in [0, 0.05) is 0 Å². The number of hydrogen-bond acceptors (Lipinski definition) is 3. The summed E-state index contributed by atoms with van der Waals surface area (Å²) in [7, 11) is 0. The standard InChI is InChI=1S/C11H21NO2/c1-4-12-11(10(13)14-5-2)7-6-9(3)8-11/h9,12H,4-8H2,1-3H3. The minimum absolute atomic E-state index is 0.0637. The first-order valence-corrected chi connectivity index (χ1v) is 5.57. The molecule has 0 saturated heterocycles. The Bertz CT molecular complexity index is 201. The van der Waals surface area contributed by atoms with Crippen molar-refractivity contribution in [1.82, 2.24) is 5.32 Å². The smallest absolute Gasteiger partial charge is 0.326 e. The molecule has 1 aliphatic carbocycles. The van der Waals surface area contributed by atoms with Gasteiger partial charge in [0.2, 0.25) is 0 Å². The molecule has 0 radical (unpaired) electrons. The average Bonchev–Trinajstić information content (AvgIpc) is 2.50. The lowest BCUT2D eigenvalue weighted by atomic mass is 9.96. The van der Waals surface area contributed by atoms with Crippen LogP contribution >= 0.6 is 0 Å². The van der Waals surface area contributed by atoms with Gasteiger partial charge in [-0.25, -0.2) is 0 Å². The number of likely N-dealkylation sites (N-methyl/N-ethyl adjacent to an activating group) is 1. The number of nitrogens with one attached hydrogen (secondary N) is 1. The van der Waals surface area contributed by atoms with Crippen molar-refractivity contribution in [2.24, 2.45) is 5.92 Å². The Labute approximate surface area is 86.2 Å². The average molecular weight is 199 g/mol. The van der Waals surface area contributed by atoms with Gasteiger partial charge in [-0.1, -0.05) is 13.8 Å². The first-order valence-electron chi connectivity index (χ1n) is 5.57. The van der Waals surface area contributed by atoms with Crippen molar-refractivity contribution < 1.29 is 9.53 Å². The van der Waals surface area contributed by atoms with E-state index in [9.17, 15) is 4.79 Å². The Morgan fingerprint density at radius 2 is 2.29 bits per heavy atom. The molecule has 0 amide bonds. The van der Waals surface area contributed by atoms with Crippen LogP contribution in [0.5, 0.6) is 0 Å². The van der Waals surface area contributed by atoms with Crippen LogP contribution in [0, 0.1) is 5.92 Å². The fraction of sp³-hybridized carbons (Fsp3) is 0.909. The second-order valence-electron chi connectivity index (χ2n) is 4.18. The van der Waals surface area contributed by atoms with Gasteiger partial charge in [0.15, 0.2) is 0 Å². The van der Waals surface area contributed by atoms with E-state index in [0.29, 0.717) is 12.5 Å². The zero-order valence-electron chi connectivity index (χ0n) is 9.43. The summed E-state index contributed by atoms with van der Waals surface area (Å²) in [6.07, 6.45) is 2.95. The van der Waals surface area contributed by atoms with Crippen LogP contribution < -0.4 is 5.32 Å². The van der Waals surface area contributed by atoms with E-state index in [1.54, 1.807) is 0 Å². The minimum atomic E-state index is -0.385. The molecule has 2 atom stereocenters. The third-order valence-electron chi connectivity index (χ3n) is 2.94. The molecule has 1 N–H and O–H groups in total. The molecule has 82 valence electrons. The molecule has 0 aliphatic heterocycles. The molecule has 2 unspecified atom stereocenters. The van der Waals surface area contributed by atoms with Gasteiger partial charge in [0.25, 0.3) is 0 Å². The largest absolute Gasteiger partial charge is 0.465 e. The zero-order chi connectivity index (χ0) is 10.6. The van der Waals surface area contributed by atoms with Crippen molar-refractivity contribution in [1.29, 1.82) is 0 Å². The zero-order valence-corrected chi connectivity index (χ0v) is 9.43. The Morgan fingerprint density at radius 3 is 2.71 bits per heavy atom. The summed E-state index contributed by atoms with van der Waals surface area (Å²) in [5.41, 5.74) is -0.385. The van der Waals surface area contributed by atoms with Crippen LogP contribution in [0.3, 0.4) is 0 Å². The molecule has 0 heterocycles. The van der Waals surface area contributed by atoms with Crippen LogP contribution in [0.1, 0.15) is 40.0 Å². The molecule has 0 aromatic heterocycles. The third kappa shape index (κ3) is 2.27. The fourth-order valence-electron chi connectivity index (χ4n) is 2.32. The molecule has 1 saturated carbocycles.